The highest BCUT2D eigenvalue weighted by atomic mass is 32.2. The Balaban J connectivity index is 1.76. The highest BCUT2D eigenvalue weighted by molar-refractivity contribution is 8.01. The lowest BCUT2D eigenvalue weighted by atomic mass is 10.2. The Labute approximate surface area is 148 Å². The van der Waals surface area contributed by atoms with E-state index in [1.807, 2.05) is 30.3 Å². The third kappa shape index (κ3) is 4.03. The van der Waals surface area contributed by atoms with Gasteiger partial charge in [-0.1, -0.05) is 30.0 Å². The molecule has 6 nitrogen and oxygen atoms in total. The summed E-state index contributed by atoms with van der Waals surface area (Å²) in [5, 5.41) is 15.0. The number of hydrogen-bond acceptors (Lipinski definition) is 5. The number of anilines is 1. The first kappa shape index (κ1) is 17.1. The molecule has 0 spiro atoms. The fourth-order valence-corrected chi connectivity index (χ4v) is 2.97. The van der Waals surface area contributed by atoms with Crippen molar-refractivity contribution in [2.45, 2.75) is 23.8 Å². The Morgan fingerprint density at radius 2 is 1.80 bits per heavy atom. The lowest BCUT2D eigenvalue weighted by molar-refractivity contribution is -0.117. The number of nitrogens with zero attached hydrogens (tertiary/aromatic N) is 4. The van der Waals surface area contributed by atoms with E-state index in [4.69, 9.17) is 0 Å². The average molecular weight is 357 g/mol. The van der Waals surface area contributed by atoms with Gasteiger partial charge in [0.15, 0.2) is 0 Å². The summed E-state index contributed by atoms with van der Waals surface area (Å²) < 4.78 is 13.7. The monoisotopic (exact) mass is 357 g/mol. The van der Waals surface area contributed by atoms with Gasteiger partial charge in [0.1, 0.15) is 5.82 Å². The fourth-order valence-electron chi connectivity index (χ4n) is 2.06. The van der Waals surface area contributed by atoms with E-state index in [1.54, 1.807) is 18.5 Å². The topological polar surface area (TPSA) is 72.7 Å². The largest absolute Gasteiger partial charge is 0.325 e. The molecule has 0 saturated carbocycles. The van der Waals surface area contributed by atoms with Crippen LogP contribution >= 0.6 is 11.8 Å². The van der Waals surface area contributed by atoms with Crippen LogP contribution in [0.15, 0.2) is 59.8 Å². The van der Waals surface area contributed by atoms with Crippen LogP contribution < -0.4 is 5.32 Å². The van der Waals surface area contributed by atoms with Gasteiger partial charge in [-0.3, -0.25) is 4.79 Å². The van der Waals surface area contributed by atoms with Gasteiger partial charge in [0, 0.05) is 5.69 Å². The summed E-state index contributed by atoms with van der Waals surface area (Å²) in [6.07, 6.45) is 0. The highest BCUT2D eigenvalue weighted by Gasteiger charge is 2.31. The predicted octanol–water partition coefficient (Wildman–Crippen LogP) is 3.31. The summed E-state index contributed by atoms with van der Waals surface area (Å²) in [5.41, 5.74) is 1.34. The molecule has 25 heavy (non-hydrogen) atoms. The molecule has 0 unspecified atom stereocenters. The van der Waals surface area contributed by atoms with Crippen molar-refractivity contribution in [3.8, 4) is 5.69 Å². The van der Waals surface area contributed by atoms with E-state index in [0.29, 0.717) is 10.8 Å². The number of carbonyl (C=O) groups is 1. The summed E-state index contributed by atoms with van der Waals surface area (Å²) in [7, 11) is 0. The van der Waals surface area contributed by atoms with Gasteiger partial charge in [-0.2, -0.15) is 4.68 Å². The molecule has 128 valence electrons. The van der Waals surface area contributed by atoms with Crippen LogP contribution in [0.4, 0.5) is 10.1 Å². The number of thioether (sulfide) groups is 1. The molecule has 0 aliphatic heterocycles. The van der Waals surface area contributed by atoms with E-state index in [1.165, 1.54) is 36.0 Å². The first-order valence-corrected chi connectivity index (χ1v) is 8.37. The standard InChI is InChI=1S/C17H16FN5OS/c1-17(2,15(24)19-13-10-8-12(18)9-11-13)25-16-20-21-22-23(16)14-6-4-3-5-7-14/h3-11H,1-2H3,(H,19,24). The van der Waals surface area contributed by atoms with E-state index in [-0.39, 0.29) is 11.7 Å². The zero-order valence-electron chi connectivity index (χ0n) is 13.7. The summed E-state index contributed by atoms with van der Waals surface area (Å²) in [6, 6.07) is 15.1. The number of carbonyl (C=O) groups excluding carboxylic acids is 1. The first-order chi connectivity index (χ1) is 12.0. The Bertz CT molecular complexity index is 864. The van der Waals surface area contributed by atoms with Crippen LogP contribution in [0.2, 0.25) is 0 Å². The Hall–Kier alpha value is -2.74. The quantitative estimate of drug-likeness (QED) is 0.709. The van der Waals surface area contributed by atoms with Crippen LogP contribution in [-0.4, -0.2) is 30.9 Å². The van der Waals surface area contributed by atoms with Crippen molar-refractivity contribution >= 4 is 23.4 Å². The summed E-state index contributed by atoms with van der Waals surface area (Å²) >= 11 is 1.25. The van der Waals surface area contributed by atoms with Crippen LogP contribution in [0.3, 0.4) is 0 Å². The molecule has 0 fully saturated rings. The minimum absolute atomic E-state index is 0.230. The third-order valence-electron chi connectivity index (χ3n) is 3.44. The van der Waals surface area contributed by atoms with E-state index in [9.17, 15) is 9.18 Å². The van der Waals surface area contributed by atoms with Crippen LogP contribution in [0, 0.1) is 5.82 Å². The van der Waals surface area contributed by atoms with Gasteiger partial charge in [-0.15, -0.1) is 5.10 Å². The summed E-state index contributed by atoms with van der Waals surface area (Å²) in [5.74, 6) is -0.583. The van der Waals surface area contributed by atoms with Gasteiger partial charge in [0.25, 0.3) is 0 Å². The van der Waals surface area contributed by atoms with Gasteiger partial charge >= 0.3 is 0 Å². The number of benzene rings is 2. The molecule has 8 heteroatoms. The molecular formula is C17H16FN5OS. The number of rotatable bonds is 5. The van der Waals surface area contributed by atoms with Crippen molar-refractivity contribution in [3.05, 3.63) is 60.4 Å². The van der Waals surface area contributed by atoms with E-state index < -0.39 is 4.75 Å². The Morgan fingerprint density at radius 1 is 1.12 bits per heavy atom. The van der Waals surface area contributed by atoms with Crippen molar-refractivity contribution in [2.75, 3.05) is 5.32 Å². The van der Waals surface area contributed by atoms with Gasteiger partial charge < -0.3 is 5.32 Å². The number of tetrazole rings is 1. The fraction of sp³-hybridized carbons (Fsp3) is 0.176. The molecule has 0 saturated heterocycles. The number of halogens is 1. The van der Waals surface area contributed by atoms with E-state index in [0.717, 1.165) is 5.69 Å². The molecule has 0 atom stereocenters. The lowest BCUT2D eigenvalue weighted by Gasteiger charge is -2.22. The maximum atomic E-state index is 13.0. The van der Waals surface area contributed by atoms with E-state index in [2.05, 4.69) is 20.8 Å². The summed E-state index contributed by atoms with van der Waals surface area (Å²) in [6.45, 7) is 3.56. The SMILES string of the molecule is CC(C)(Sc1nnnn1-c1ccccc1)C(=O)Nc1ccc(F)cc1. The van der Waals surface area contributed by atoms with Gasteiger partial charge in [-0.25, -0.2) is 4.39 Å². The second-order valence-corrected chi connectivity index (χ2v) is 7.37. The molecule has 0 aliphatic carbocycles. The average Bonchev–Trinajstić information content (AvgIpc) is 3.05. The molecule has 1 aromatic heterocycles. The zero-order chi connectivity index (χ0) is 17.9. The van der Waals surface area contributed by atoms with Crippen molar-refractivity contribution in [1.29, 1.82) is 0 Å². The number of hydrogen-bond donors (Lipinski definition) is 1. The predicted molar refractivity (Wildman–Crippen MR) is 94.1 cm³/mol. The first-order valence-electron chi connectivity index (χ1n) is 7.55. The van der Waals surface area contributed by atoms with Crippen molar-refractivity contribution in [3.63, 3.8) is 0 Å². The molecular weight excluding hydrogens is 341 g/mol. The number of amides is 1. The second-order valence-electron chi connectivity index (χ2n) is 5.78. The number of aromatic nitrogens is 4. The molecule has 0 aliphatic rings. The third-order valence-corrected chi connectivity index (χ3v) is 4.57. The van der Waals surface area contributed by atoms with E-state index >= 15 is 0 Å². The minimum Gasteiger partial charge on any atom is -0.325 e. The Morgan fingerprint density at radius 3 is 2.48 bits per heavy atom. The molecule has 1 heterocycles. The lowest BCUT2D eigenvalue weighted by Crippen LogP contribution is -2.34. The van der Waals surface area contributed by atoms with Crippen molar-refractivity contribution in [2.24, 2.45) is 0 Å². The van der Waals surface area contributed by atoms with Gasteiger partial charge in [0.2, 0.25) is 11.1 Å². The molecule has 1 N–H and O–H groups in total. The molecule has 1 amide bonds. The van der Waals surface area contributed by atoms with Crippen molar-refractivity contribution in [1.82, 2.24) is 20.2 Å². The maximum absolute atomic E-state index is 13.0. The van der Waals surface area contributed by atoms with Crippen LogP contribution in [0.25, 0.3) is 5.69 Å². The smallest absolute Gasteiger partial charge is 0.240 e. The molecule has 2 aromatic carbocycles. The molecule has 3 aromatic rings. The van der Waals surface area contributed by atoms with Crippen molar-refractivity contribution < 1.29 is 9.18 Å². The summed E-state index contributed by atoms with van der Waals surface area (Å²) in [4.78, 5) is 12.6. The zero-order valence-corrected chi connectivity index (χ0v) is 14.5. The molecule has 3 rings (SSSR count). The Kier molecular flexibility index (Phi) is 4.80. The van der Waals surface area contributed by atoms with Crippen LogP contribution in [0.1, 0.15) is 13.8 Å². The second kappa shape index (κ2) is 7.02. The van der Waals surface area contributed by atoms with Crippen LogP contribution in [-0.2, 0) is 4.79 Å². The molecule has 0 bridgehead atoms. The highest BCUT2D eigenvalue weighted by Crippen LogP contribution is 2.32. The number of nitrogens with one attached hydrogen (secondary N) is 1. The van der Waals surface area contributed by atoms with Gasteiger partial charge in [-0.05, 0) is 60.7 Å². The van der Waals surface area contributed by atoms with Gasteiger partial charge in [0.05, 0.1) is 10.4 Å². The maximum Gasteiger partial charge on any atom is 0.240 e. The van der Waals surface area contributed by atoms with Crippen LogP contribution in [0.5, 0.6) is 0 Å². The molecule has 0 radical (unpaired) electrons. The number of para-hydroxylation sites is 1. The normalized spacial score (nSPS) is 11.3. The minimum atomic E-state index is -0.838.